The number of amides is 1. The quantitative estimate of drug-likeness (QED) is 0.488. The normalized spacial score (nSPS) is 9.50. The van der Waals surface area contributed by atoms with Gasteiger partial charge in [0.1, 0.15) is 0 Å². The van der Waals surface area contributed by atoms with Gasteiger partial charge in [0.15, 0.2) is 0 Å². The first kappa shape index (κ1) is 11.0. The van der Waals surface area contributed by atoms with E-state index in [1.807, 2.05) is 13.8 Å². The van der Waals surface area contributed by atoms with Crippen LogP contribution in [0.1, 0.15) is 33.1 Å². The second-order valence-corrected chi connectivity index (χ2v) is 2.76. The Labute approximate surface area is 74.7 Å². The molecular formula is C10H17NO. The van der Waals surface area contributed by atoms with Crippen LogP contribution in [0.25, 0.3) is 0 Å². The molecule has 0 aromatic carbocycles. The second-order valence-electron chi connectivity index (χ2n) is 2.76. The van der Waals surface area contributed by atoms with E-state index < -0.39 is 0 Å². The highest BCUT2D eigenvalue weighted by molar-refractivity contribution is 5.78. The fourth-order valence-corrected chi connectivity index (χ4v) is 1.06. The molecule has 12 heavy (non-hydrogen) atoms. The molecule has 0 saturated carbocycles. The predicted molar refractivity (Wildman–Crippen MR) is 50.5 cm³/mol. The molecule has 0 aromatic rings. The average molecular weight is 167 g/mol. The number of rotatable bonds is 5. The van der Waals surface area contributed by atoms with Crippen LogP contribution in [0.4, 0.5) is 0 Å². The van der Waals surface area contributed by atoms with Gasteiger partial charge < -0.3 is 5.32 Å². The molecule has 0 radical (unpaired) electrons. The Bertz CT molecular complexity index is 165. The van der Waals surface area contributed by atoms with Crippen LogP contribution in [-0.2, 0) is 4.79 Å². The molecule has 0 aliphatic heterocycles. The van der Waals surface area contributed by atoms with Gasteiger partial charge in [-0.25, -0.2) is 0 Å². The maximum atomic E-state index is 11.3. The zero-order valence-corrected chi connectivity index (χ0v) is 7.89. The van der Waals surface area contributed by atoms with E-state index in [0.29, 0.717) is 13.0 Å². The van der Waals surface area contributed by atoms with E-state index in [1.54, 1.807) is 0 Å². The Hall–Kier alpha value is -0.970. The summed E-state index contributed by atoms with van der Waals surface area (Å²) in [6.45, 7) is 4.65. The van der Waals surface area contributed by atoms with Gasteiger partial charge in [-0.2, -0.15) is 0 Å². The molecule has 1 N–H and O–H groups in total. The topological polar surface area (TPSA) is 29.1 Å². The molecule has 68 valence electrons. The largest absolute Gasteiger partial charge is 0.355 e. The van der Waals surface area contributed by atoms with E-state index in [0.717, 1.165) is 12.8 Å². The molecule has 0 aliphatic carbocycles. The van der Waals surface area contributed by atoms with Crippen molar-refractivity contribution in [3.63, 3.8) is 0 Å². The standard InChI is InChI=1S/C10H17NO/c1-4-7-8-11-10(12)9(5-2)6-3/h1,9H,5-8H2,2-3H3,(H,11,12). The van der Waals surface area contributed by atoms with Gasteiger partial charge in [-0.05, 0) is 12.8 Å². The maximum Gasteiger partial charge on any atom is 0.223 e. The fourth-order valence-electron chi connectivity index (χ4n) is 1.06. The van der Waals surface area contributed by atoms with Crippen LogP contribution < -0.4 is 5.32 Å². The van der Waals surface area contributed by atoms with Crippen molar-refractivity contribution in [1.29, 1.82) is 0 Å². The summed E-state index contributed by atoms with van der Waals surface area (Å²) >= 11 is 0. The first-order chi connectivity index (χ1) is 5.76. The average Bonchev–Trinajstić information content (AvgIpc) is 2.07. The zero-order chi connectivity index (χ0) is 9.40. The second kappa shape index (κ2) is 6.72. The summed E-state index contributed by atoms with van der Waals surface area (Å²) in [6, 6.07) is 0. The number of nitrogens with one attached hydrogen (secondary N) is 1. The van der Waals surface area contributed by atoms with Gasteiger partial charge in [-0.3, -0.25) is 4.79 Å². The summed E-state index contributed by atoms with van der Waals surface area (Å²) < 4.78 is 0. The van der Waals surface area contributed by atoms with Crippen molar-refractivity contribution >= 4 is 5.91 Å². The van der Waals surface area contributed by atoms with Crippen LogP contribution in [0.15, 0.2) is 0 Å². The highest BCUT2D eigenvalue weighted by atomic mass is 16.1. The van der Waals surface area contributed by atoms with Crippen LogP contribution in [0, 0.1) is 18.3 Å². The number of terminal acetylenes is 1. The molecule has 0 fully saturated rings. The SMILES string of the molecule is C#CCCNC(=O)C(CC)CC. The lowest BCUT2D eigenvalue weighted by atomic mass is 10.0. The molecule has 0 aliphatic rings. The predicted octanol–water partition coefficient (Wildman–Crippen LogP) is 1.56. The lowest BCUT2D eigenvalue weighted by Gasteiger charge is -2.11. The van der Waals surface area contributed by atoms with Crippen molar-refractivity contribution in [3.05, 3.63) is 0 Å². The molecule has 0 saturated heterocycles. The summed E-state index contributed by atoms with van der Waals surface area (Å²) in [4.78, 5) is 11.3. The Balaban J connectivity index is 3.63. The van der Waals surface area contributed by atoms with E-state index in [9.17, 15) is 4.79 Å². The zero-order valence-electron chi connectivity index (χ0n) is 7.89. The van der Waals surface area contributed by atoms with Crippen molar-refractivity contribution in [3.8, 4) is 12.3 Å². The summed E-state index contributed by atoms with van der Waals surface area (Å²) in [5, 5.41) is 2.80. The van der Waals surface area contributed by atoms with E-state index in [4.69, 9.17) is 6.42 Å². The summed E-state index contributed by atoms with van der Waals surface area (Å²) in [5.74, 6) is 2.77. The molecule has 0 spiro atoms. The van der Waals surface area contributed by atoms with E-state index in [1.165, 1.54) is 0 Å². The van der Waals surface area contributed by atoms with E-state index in [-0.39, 0.29) is 11.8 Å². The van der Waals surface area contributed by atoms with Gasteiger partial charge in [-0.1, -0.05) is 13.8 Å². The van der Waals surface area contributed by atoms with Crippen molar-refractivity contribution in [2.24, 2.45) is 5.92 Å². The number of hydrogen-bond donors (Lipinski definition) is 1. The first-order valence-electron chi connectivity index (χ1n) is 4.47. The summed E-state index contributed by atoms with van der Waals surface area (Å²) in [6.07, 6.45) is 7.47. The van der Waals surface area contributed by atoms with Crippen molar-refractivity contribution < 1.29 is 4.79 Å². The minimum Gasteiger partial charge on any atom is -0.355 e. The lowest BCUT2D eigenvalue weighted by Crippen LogP contribution is -2.30. The molecule has 0 heterocycles. The Morgan fingerprint density at radius 2 is 2.08 bits per heavy atom. The Morgan fingerprint density at radius 1 is 1.50 bits per heavy atom. The smallest absolute Gasteiger partial charge is 0.223 e. The molecule has 2 heteroatoms. The third-order valence-electron chi connectivity index (χ3n) is 1.92. The molecular weight excluding hydrogens is 150 g/mol. The third kappa shape index (κ3) is 4.02. The molecule has 0 atom stereocenters. The summed E-state index contributed by atoms with van der Waals surface area (Å²) in [7, 11) is 0. The maximum absolute atomic E-state index is 11.3. The molecule has 0 unspecified atom stereocenters. The molecule has 0 rings (SSSR count). The monoisotopic (exact) mass is 167 g/mol. The highest BCUT2D eigenvalue weighted by Gasteiger charge is 2.12. The van der Waals surface area contributed by atoms with Gasteiger partial charge in [0, 0.05) is 18.9 Å². The van der Waals surface area contributed by atoms with Gasteiger partial charge >= 0.3 is 0 Å². The summed E-state index contributed by atoms with van der Waals surface area (Å²) in [5.41, 5.74) is 0. The minimum atomic E-state index is 0.134. The van der Waals surface area contributed by atoms with Crippen LogP contribution in [0.2, 0.25) is 0 Å². The van der Waals surface area contributed by atoms with E-state index in [2.05, 4.69) is 11.2 Å². The van der Waals surface area contributed by atoms with Crippen LogP contribution in [-0.4, -0.2) is 12.5 Å². The van der Waals surface area contributed by atoms with Gasteiger partial charge in [0.25, 0.3) is 0 Å². The first-order valence-corrected chi connectivity index (χ1v) is 4.47. The number of carbonyl (C=O) groups is 1. The Morgan fingerprint density at radius 3 is 2.50 bits per heavy atom. The minimum absolute atomic E-state index is 0.134. The molecule has 0 aromatic heterocycles. The van der Waals surface area contributed by atoms with E-state index >= 15 is 0 Å². The van der Waals surface area contributed by atoms with Crippen LogP contribution >= 0.6 is 0 Å². The Kier molecular flexibility index (Phi) is 6.18. The van der Waals surface area contributed by atoms with Gasteiger partial charge in [0.05, 0.1) is 0 Å². The van der Waals surface area contributed by atoms with Crippen LogP contribution in [0.3, 0.4) is 0 Å². The fraction of sp³-hybridized carbons (Fsp3) is 0.700. The number of hydrogen-bond acceptors (Lipinski definition) is 1. The molecule has 2 nitrogen and oxygen atoms in total. The van der Waals surface area contributed by atoms with Crippen molar-refractivity contribution in [2.45, 2.75) is 33.1 Å². The lowest BCUT2D eigenvalue weighted by molar-refractivity contribution is -0.125. The highest BCUT2D eigenvalue weighted by Crippen LogP contribution is 2.06. The molecule has 1 amide bonds. The molecule has 0 bridgehead atoms. The number of carbonyl (C=O) groups excluding carboxylic acids is 1. The van der Waals surface area contributed by atoms with Gasteiger partial charge in [-0.15, -0.1) is 12.3 Å². The van der Waals surface area contributed by atoms with Crippen molar-refractivity contribution in [2.75, 3.05) is 6.54 Å². The third-order valence-corrected chi connectivity index (χ3v) is 1.92. The van der Waals surface area contributed by atoms with Gasteiger partial charge in [0.2, 0.25) is 5.91 Å². The van der Waals surface area contributed by atoms with Crippen molar-refractivity contribution in [1.82, 2.24) is 5.32 Å². The van der Waals surface area contributed by atoms with Crippen LogP contribution in [0.5, 0.6) is 0 Å².